The molecule has 0 aromatic heterocycles. The first kappa shape index (κ1) is 14.3. The number of likely N-dealkylation sites (tertiary alicyclic amines) is 1. The minimum absolute atomic E-state index is 0.0625. The van der Waals surface area contributed by atoms with Crippen molar-refractivity contribution < 1.29 is 9.59 Å². The van der Waals surface area contributed by atoms with Gasteiger partial charge in [0, 0.05) is 13.1 Å². The third-order valence-electron chi connectivity index (χ3n) is 4.48. The summed E-state index contributed by atoms with van der Waals surface area (Å²) < 4.78 is 0. The summed E-state index contributed by atoms with van der Waals surface area (Å²) in [5, 5.41) is 0. The summed E-state index contributed by atoms with van der Waals surface area (Å²) in [6, 6.07) is 8.96. The molecule has 2 aliphatic rings. The van der Waals surface area contributed by atoms with Gasteiger partial charge in [0.05, 0.1) is 18.2 Å². The van der Waals surface area contributed by atoms with Crippen molar-refractivity contribution in [2.24, 2.45) is 11.8 Å². The van der Waals surface area contributed by atoms with Crippen LogP contribution in [0.5, 0.6) is 0 Å². The summed E-state index contributed by atoms with van der Waals surface area (Å²) in [5.74, 6) is 1.03. The SMILES string of the molecule is C[C@@H]1C[C@H](C)CN([C@@H]2CC(=O)N(c3ccccc3)C2=O)C1. The molecule has 2 amide bonds. The van der Waals surface area contributed by atoms with Gasteiger partial charge in [-0.25, -0.2) is 4.90 Å². The number of hydrogen-bond donors (Lipinski definition) is 0. The van der Waals surface area contributed by atoms with E-state index in [1.165, 1.54) is 11.3 Å². The van der Waals surface area contributed by atoms with E-state index in [9.17, 15) is 9.59 Å². The van der Waals surface area contributed by atoms with Crippen LogP contribution in [0.1, 0.15) is 26.7 Å². The molecule has 0 saturated carbocycles. The molecule has 0 bridgehead atoms. The fraction of sp³-hybridized carbons (Fsp3) is 0.529. The summed E-state index contributed by atoms with van der Waals surface area (Å²) in [6.45, 7) is 6.27. The summed E-state index contributed by atoms with van der Waals surface area (Å²) in [4.78, 5) is 28.5. The smallest absolute Gasteiger partial charge is 0.251 e. The Morgan fingerprint density at radius 1 is 1.00 bits per heavy atom. The normalized spacial score (nSPS) is 31.0. The van der Waals surface area contributed by atoms with Crippen LogP contribution in [0.4, 0.5) is 5.69 Å². The quantitative estimate of drug-likeness (QED) is 0.783. The first-order valence-electron chi connectivity index (χ1n) is 7.72. The summed E-state index contributed by atoms with van der Waals surface area (Å²) in [7, 11) is 0. The number of anilines is 1. The molecule has 0 aliphatic carbocycles. The molecule has 2 saturated heterocycles. The van der Waals surface area contributed by atoms with Gasteiger partial charge in [-0.05, 0) is 30.4 Å². The molecule has 1 aromatic carbocycles. The van der Waals surface area contributed by atoms with Crippen molar-refractivity contribution in [1.82, 2.24) is 4.90 Å². The Hall–Kier alpha value is -1.68. The summed E-state index contributed by atoms with van der Waals surface area (Å²) in [6.07, 6.45) is 1.51. The van der Waals surface area contributed by atoms with E-state index in [4.69, 9.17) is 0 Å². The number of piperidine rings is 1. The van der Waals surface area contributed by atoms with Gasteiger partial charge < -0.3 is 0 Å². The number of nitrogens with zero attached hydrogens (tertiary/aromatic N) is 2. The molecule has 3 rings (SSSR count). The second-order valence-corrected chi connectivity index (χ2v) is 6.52. The van der Waals surface area contributed by atoms with Gasteiger partial charge >= 0.3 is 0 Å². The molecule has 0 N–H and O–H groups in total. The number of carbonyl (C=O) groups excluding carboxylic acids is 2. The van der Waals surface area contributed by atoms with E-state index in [-0.39, 0.29) is 17.9 Å². The minimum atomic E-state index is -0.275. The zero-order valence-corrected chi connectivity index (χ0v) is 12.7. The topological polar surface area (TPSA) is 40.6 Å². The van der Waals surface area contributed by atoms with Crippen LogP contribution in [0.3, 0.4) is 0 Å². The fourth-order valence-electron chi connectivity index (χ4n) is 3.72. The second kappa shape index (κ2) is 5.60. The highest BCUT2D eigenvalue weighted by molar-refractivity contribution is 6.22. The van der Waals surface area contributed by atoms with Crippen molar-refractivity contribution in [3.63, 3.8) is 0 Å². The molecule has 21 heavy (non-hydrogen) atoms. The predicted molar refractivity (Wildman–Crippen MR) is 81.9 cm³/mol. The van der Waals surface area contributed by atoms with Crippen LogP contribution in [-0.4, -0.2) is 35.8 Å². The molecule has 0 radical (unpaired) electrons. The van der Waals surface area contributed by atoms with Crippen LogP contribution in [0.25, 0.3) is 0 Å². The zero-order chi connectivity index (χ0) is 15.0. The number of imide groups is 1. The molecule has 1 aromatic rings. The third kappa shape index (κ3) is 2.72. The van der Waals surface area contributed by atoms with Crippen LogP contribution in [0.2, 0.25) is 0 Å². The molecule has 2 aliphatic heterocycles. The van der Waals surface area contributed by atoms with Gasteiger partial charge in [0.15, 0.2) is 0 Å². The maximum atomic E-state index is 12.7. The molecule has 112 valence electrons. The Balaban J connectivity index is 1.80. The highest BCUT2D eigenvalue weighted by atomic mass is 16.2. The summed E-state index contributed by atoms with van der Waals surface area (Å²) >= 11 is 0. The van der Waals surface area contributed by atoms with Crippen molar-refractivity contribution >= 4 is 17.5 Å². The molecular formula is C17H22N2O2. The van der Waals surface area contributed by atoms with Gasteiger partial charge in [-0.15, -0.1) is 0 Å². The maximum absolute atomic E-state index is 12.7. The van der Waals surface area contributed by atoms with Crippen molar-refractivity contribution in [2.75, 3.05) is 18.0 Å². The van der Waals surface area contributed by atoms with Gasteiger partial charge in [0.1, 0.15) is 0 Å². The number of rotatable bonds is 2. The lowest BCUT2D eigenvalue weighted by atomic mass is 9.90. The van der Waals surface area contributed by atoms with E-state index in [1.807, 2.05) is 30.3 Å². The molecule has 0 unspecified atom stereocenters. The Kier molecular flexibility index (Phi) is 3.81. The number of carbonyl (C=O) groups is 2. The highest BCUT2D eigenvalue weighted by Crippen LogP contribution is 2.29. The Morgan fingerprint density at radius 2 is 1.62 bits per heavy atom. The molecule has 4 heteroatoms. The fourth-order valence-corrected chi connectivity index (χ4v) is 3.72. The molecule has 4 nitrogen and oxygen atoms in total. The molecule has 2 heterocycles. The third-order valence-corrected chi connectivity index (χ3v) is 4.48. The van der Waals surface area contributed by atoms with E-state index < -0.39 is 0 Å². The maximum Gasteiger partial charge on any atom is 0.251 e. The minimum Gasteiger partial charge on any atom is -0.291 e. The highest BCUT2D eigenvalue weighted by Gasteiger charge is 2.43. The van der Waals surface area contributed by atoms with Crippen LogP contribution in [0, 0.1) is 11.8 Å². The first-order chi connectivity index (χ1) is 10.1. The predicted octanol–water partition coefficient (Wildman–Crippen LogP) is 2.30. The Bertz CT molecular complexity index is 533. The second-order valence-electron chi connectivity index (χ2n) is 6.52. The average molecular weight is 286 g/mol. The lowest BCUT2D eigenvalue weighted by molar-refractivity contribution is -0.123. The van der Waals surface area contributed by atoms with Crippen LogP contribution >= 0.6 is 0 Å². The van der Waals surface area contributed by atoms with E-state index in [2.05, 4.69) is 18.7 Å². The van der Waals surface area contributed by atoms with Gasteiger partial charge in [-0.3, -0.25) is 14.5 Å². The first-order valence-corrected chi connectivity index (χ1v) is 7.72. The number of para-hydroxylation sites is 1. The Morgan fingerprint density at radius 3 is 2.24 bits per heavy atom. The zero-order valence-electron chi connectivity index (χ0n) is 12.7. The average Bonchev–Trinajstić information content (AvgIpc) is 2.74. The van der Waals surface area contributed by atoms with E-state index in [0.717, 1.165) is 13.1 Å². The largest absolute Gasteiger partial charge is 0.291 e. The van der Waals surface area contributed by atoms with Gasteiger partial charge in [-0.2, -0.15) is 0 Å². The molecular weight excluding hydrogens is 264 g/mol. The molecule has 0 spiro atoms. The Labute approximate surface area is 125 Å². The number of amides is 2. The van der Waals surface area contributed by atoms with Crippen molar-refractivity contribution in [1.29, 1.82) is 0 Å². The van der Waals surface area contributed by atoms with Gasteiger partial charge in [0.2, 0.25) is 5.91 Å². The van der Waals surface area contributed by atoms with Crippen molar-refractivity contribution in [3.8, 4) is 0 Å². The van der Waals surface area contributed by atoms with E-state index in [0.29, 0.717) is 23.9 Å². The standard InChI is InChI=1S/C17H22N2O2/c1-12-8-13(2)11-18(10-12)15-9-16(20)19(17(15)21)14-6-4-3-5-7-14/h3-7,12-13,15H,8-11H2,1-2H3/t12-,13+,15-/m1/s1. The number of benzene rings is 1. The monoisotopic (exact) mass is 286 g/mol. The van der Waals surface area contributed by atoms with Crippen LogP contribution in [-0.2, 0) is 9.59 Å². The molecule has 2 fully saturated rings. The van der Waals surface area contributed by atoms with E-state index >= 15 is 0 Å². The molecule has 3 atom stereocenters. The van der Waals surface area contributed by atoms with Crippen molar-refractivity contribution in [3.05, 3.63) is 30.3 Å². The van der Waals surface area contributed by atoms with Crippen LogP contribution in [0.15, 0.2) is 30.3 Å². The summed E-state index contributed by atoms with van der Waals surface area (Å²) in [5.41, 5.74) is 0.688. The lowest BCUT2D eigenvalue weighted by Gasteiger charge is -2.37. The van der Waals surface area contributed by atoms with E-state index in [1.54, 1.807) is 0 Å². The van der Waals surface area contributed by atoms with Gasteiger partial charge in [0.25, 0.3) is 5.91 Å². The number of hydrogen-bond acceptors (Lipinski definition) is 3. The lowest BCUT2D eigenvalue weighted by Crippen LogP contribution is -2.48. The van der Waals surface area contributed by atoms with Gasteiger partial charge in [-0.1, -0.05) is 32.0 Å². The van der Waals surface area contributed by atoms with Crippen LogP contribution < -0.4 is 4.90 Å². The van der Waals surface area contributed by atoms with Crippen molar-refractivity contribution in [2.45, 2.75) is 32.7 Å².